The fraction of sp³-hybridized carbons (Fsp3) is 0.500. The second kappa shape index (κ2) is 4.49. The summed E-state index contributed by atoms with van der Waals surface area (Å²) in [5.41, 5.74) is 1.98. The molecule has 2 aromatic rings. The first-order valence-electron chi connectivity index (χ1n) is 6.38. The highest BCUT2D eigenvalue weighted by Crippen LogP contribution is 2.22. The number of fused-ring (bicyclic) bond motifs is 1. The molecule has 17 heavy (non-hydrogen) atoms. The lowest BCUT2D eigenvalue weighted by molar-refractivity contribution is 0.182. The molecular formula is C14H18N2O. The molecule has 0 atom stereocenters. The van der Waals surface area contributed by atoms with Gasteiger partial charge in [0.05, 0.1) is 0 Å². The molecule has 90 valence electrons. The lowest BCUT2D eigenvalue weighted by atomic mass is 9.99. The van der Waals surface area contributed by atoms with E-state index in [4.69, 9.17) is 4.52 Å². The zero-order valence-electron chi connectivity index (χ0n) is 10.2. The number of para-hydroxylation sites is 1. The van der Waals surface area contributed by atoms with Crippen LogP contribution in [0.25, 0.3) is 11.0 Å². The zero-order valence-corrected chi connectivity index (χ0v) is 10.2. The summed E-state index contributed by atoms with van der Waals surface area (Å²) in [6, 6.07) is 8.10. The maximum atomic E-state index is 5.34. The zero-order chi connectivity index (χ0) is 11.7. The highest BCUT2D eigenvalue weighted by atomic mass is 16.5. The quantitative estimate of drug-likeness (QED) is 0.794. The molecule has 3 nitrogen and oxygen atoms in total. The third-order valence-electron chi connectivity index (χ3n) is 3.70. The fourth-order valence-electron chi connectivity index (χ4n) is 2.48. The Morgan fingerprint density at radius 3 is 2.88 bits per heavy atom. The van der Waals surface area contributed by atoms with Crippen molar-refractivity contribution >= 4 is 11.0 Å². The van der Waals surface area contributed by atoms with Gasteiger partial charge in [-0.25, -0.2) is 0 Å². The first kappa shape index (κ1) is 10.8. The molecule has 1 fully saturated rings. The minimum absolute atomic E-state index is 0.875. The summed E-state index contributed by atoms with van der Waals surface area (Å²) < 4.78 is 5.34. The van der Waals surface area contributed by atoms with Gasteiger partial charge in [-0.3, -0.25) is 4.90 Å². The maximum absolute atomic E-state index is 5.34. The van der Waals surface area contributed by atoms with Crippen LogP contribution < -0.4 is 0 Å². The van der Waals surface area contributed by atoms with E-state index < -0.39 is 0 Å². The molecule has 1 saturated heterocycles. The monoisotopic (exact) mass is 230 g/mol. The van der Waals surface area contributed by atoms with Gasteiger partial charge in [-0.05, 0) is 44.0 Å². The molecule has 2 heterocycles. The molecule has 3 rings (SSSR count). The summed E-state index contributed by atoms with van der Waals surface area (Å²) in [4.78, 5) is 2.48. The Balaban J connectivity index is 1.76. The van der Waals surface area contributed by atoms with Crippen molar-refractivity contribution in [2.45, 2.75) is 26.3 Å². The number of nitrogens with zero attached hydrogens (tertiary/aromatic N) is 2. The van der Waals surface area contributed by atoms with Crippen LogP contribution >= 0.6 is 0 Å². The Bertz CT molecular complexity index is 498. The minimum atomic E-state index is 0.875. The lowest BCUT2D eigenvalue weighted by Crippen LogP contribution is -2.32. The number of benzene rings is 1. The van der Waals surface area contributed by atoms with E-state index in [1.165, 1.54) is 25.9 Å². The van der Waals surface area contributed by atoms with Crippen molar-refractivity contribution in [3.63, 3.8) is 0 Å². The van der Waals surface area contributed by atoms with E-state index in [1.807, 2.05) is 18.2 Å². The van der Waals surface area contributed by atoms with Crippen LogP contribution in [0.2, 0.25) is 0 Å². The van der Waals surface area contributed by atoms with Gasteiger partial charge in [0.15, 0.2) is 5.58 Å². The Morgan fingerprint density at radius 2 is 2.06 bits per heavy atom. The van der Waals surface area contributed by atoms with Crippen LogP contribution in [-0.2, 0) is 6.54 Å². The summed E-state index contributed by atoms with van der Waals surface area (Å²) >= 11 is 0. The molecule has 0 bridgehead atoms. The van der Waals surface area contributed by atoms with Crippen molar-refractivity contribution in [3.05, 3.63) is 30.0 Å². The summed E-state index contributed by atoms with van der Waals surface area (Å²) in [5, 5.41) is 5.35. The van der Waals surface area contributed by atoms with Crippen molar-refractivity contribution in [1.82, 2.24) is 10.1 Å². The van der Waals surface area contributed by atoms with Gasteiger partial charge in [0.1, 0.15) is 5.69 Å². The molecule has 1 aromatic heterocycles. The van der Waals surface area contributed by atoms with Gasteiger partial charge in [-0.1, -0.05) is 24.2 Å². The maximum Gasteiger partial charge on any atom is 0.167 e. The van der Waals surface area contributed by atoms with Crippen LogP contribution in [0.3, 0.4) is 0 Å². The van der Waals surface area contributed by atoms with Crippen LogP contribution in [0.15, 0.2) is 28.8 Å². The Kier molecular flexibility index (Phi) is 2.85. The molecular weight excluding hydrogens is 212 g/mol. The van der Waals surface area contributed by atoms with Gasteiger partial charge in [0, 0.05) is 11.9 Å². The third-order valence-corrected chi connectivity index (χ3v) is 3.70. The van der Waals surface area contributed by atoms with Gasteiger partial charge < -0.3 is 4.52 Å². The average molecular weight is 230 g/mol. The number of likely N-dealkylation sites (tertiary alicyclic amines) is 1. The molecule has 0 saturated carbocycles. The first-order chi connectivity index (χ1) is 8.33. The first-order valence-corrected chi connectivity index (χ1v) is 6.38. The predicted molar refractivity (Wildman–Crippen MR) is 67.7 cm³/mol. The smallest absolute Gasteiger partial charge is 0.167 e. The molecule has 1 aliphatic rings. The Hall–Kier alpha value is -1.35. The summed E-state index contributed by atoms with van der Waals surface area (Å²) in [6.45, 7) is 5.62. The molecule has 0 radical (unpaired) electrons. The van der Waals surface area contributed by atoms with Gasteiger partial charge in [-0.2, -0.15) is 0 Å². The van der Waals surface area contributed by atoms with E-state index in [1.54, 1.807) is 0 Å². The van der Waals surface area contributed by atoms with E-state index >= 15 is 0 Å². The normalized spacial score (nSPS) is 18.9. The molecule has 1 aliphatic heterocycles. The van der Waals surface area contributed by atoms with E-state index in [2.05, 4.69) is 23.0 Å². The molecule has 3 heteroatoms. The Morgan fingerprint density at radius 1 is 1.29 bits per heavy atom. The van der Waals surface area contributed by atoms with Gasteiger partial charge in [0.25, 0.3) is 0 Å². The largest absolute Gasteiger partial charge is 0.356 e. The van der Waals surface area contributed by atoms with E-state index in [9.17, 15) is 0 Å². The number of hydrogen-bond acceptors (Lipinski definition) is 3. The van der Waals surface area contributed by atoms with Crippen LogP contribution in [0, 0.1) is 5.92 Å². The molecule has 0 unspecified atom stereocenters. The fourth-order valence-corrected chi connectivity index (χ4v) is 2.48. The SMILES string of the molecule is CC1CCN(Cc2noc3ccccc23)CC1. The van der Waals surface area contributed by atoms with Crippen molar-refractivity contribution < 1.29 is 4.52 Å². The van der Waals surface area contributed by atoms with E-state index in [-0.39, 0.29) is 0 Å². The third kappa shape index (κ3) is 2.20. The van der Waals surface area contributed by atoms with Gasteiger partial charge >= 0.3 is 0 Å². The highest BCUT2D eigenvalue weighted by molar-refractivity contribution is 5.79. The summed E-state index contributed by atoms with van der Waals surface area (Å²) in [6.07, 6.45) is 2.60. The van der Waals surface area contributed by atoms with Crippen LogP contribution in [0.5, 0.6) is 0 Å². The van der Waals surface area contributed by atoms with E-state index in [0.29, 0.717) is 0 Å². The molecule has 0 amide bonds. The van der Waals surface area contributed by atoms with Crippen molar-refractivity contribution in [1.29, 1.82) is 0 Å². The number of rotatable bonds is 2. The van der Waals surface area contributed by atoms with Gasteiger partial charge in [-0.15, -0.1) is 0 Å². The lowest BCUT2D eigenvalue weighted by Gasteiger charge is -2.29. The van der Waals surface area contributed by atoms with Crippen molar-refractivity contribution in [2.24, 2.45) is 5.92 Å². The number of piperidine rings is 1. The molecule has 0 aliphatic carbocycles. The number of hydrogen-bond donors (Lipinski definition) is 0. The minimum Gasteiger partial charge on any atom is -0.356 e. The molecule has 0 spiro atoms. The number of aromatic nitrogens is 1. The summed E-state index contributed by atoms with van der Waals surface area (Å²) in [5.74, 6) is 0.875. The topological polar surface area (TPSA) is 29.3 Å². The molecule has 1 aromatic carbocycles. The van der Waals surface area contributed by atoms with Crippen LogP contribution in [0.1, 0.15) is 25.5 Å². The van der Waals surface area contributed by atoms with Crippen LogP contribution in [0.4, 0.5) is 0 Å². The average Bonchev–Trinajstić information content (AvgIpc) is 2.76. The molecule has 0 N–H and O–H groups in total. The Labute approximate surface area is 101 Å². The predicted octanol–water partition coefficient (Wildman–Crippen LogP) is 3.06. The standard InChI is InChI=1S/C14H18N2O/c1-11-6-8-16(9-7-11)10-13-12-4-2-3-5-14(12)17-15-13/h2-5,11H,6-10H2,1H3. The van der Waals surface area contributed by atoms with E-state index in [0.717, 1.165) is 29.1 Å². The summed E-state index contributed by atoms with van der Waals surface area (Å²) in [7, 11) is 0. The highest BCUT2D eigenvalue weighted by Gasteiger charge is 2.18. The van der Waals surface area contributed by atoms with Crippen LogP contribution in [-0.4, -0.2) is 23.1 Å². The van der Waals surface area contributed by atoms with Crippen molar-refractivity contribution in [2.75, 3.05) is 13.1 Å². The van der Waals surface area contributed by atoms with Gasteiger partial charge in [0.2, 0.25) is 0 Å². The van der Waals surface area contributed by atoms with Crippen molar-refractivity contribution in [3.8, 4) is 0 Å². The second-order valence-electron chi connectivity index (χ2n) is 5.08. The second-order valence-corrected chi connectivity index (χ2v) is 5.08.